The van der Waals surface area contributed by atoms with Gasteiger partial charge in [0.15, 0.2) is 0 Å². The fourth-order valence-electron chi connectivity index (χ4n) is 1.94. The molecule has 0 spiro atoms. The van der Waals surface area contributed by atoms with Crippen LogP contribution in [0.2, 0.25) is 0 Å². The lowest BCUT2D eigenvalue weighted by Crippen LogP contribution is -2.37. The lowest BCUT2D eigenvalue weighted by Gasteiger charge is -2.24. The Balaban J connectivity index is 2.11. The number of rotatable bonds is 4. The molecule has 106 valence electrons. The molecule has 0 bridgehead atoms. The molecule has 5 heteroatoms. The maximum absolute atomic E-state index is 12.4. The highest BCUT2D eigenvalue weighted by atomic mass is 32.1. The van der Waals surface area contributed by atoms with E-state index >= 15 is 0 Å². The minimum Gasteiger partial charge on any atom is -0.339 e. The largest absolute Gasteiger partial charge is 0.339 e. The number of hydrogen-bond donors (Lipinski definition) is 0. The highest BCUT2D eigenvalue weighted by Crippen LogP contribution is 2.14. The number of hydrogen-bond acceptors (Lipinski definition) is 3. The normalized spacial score (nSPS) is 12.2. The summed E-state index contributed by atoms with van der Waals surface area (Å²) in [4.78, 5) is 26.9. The topological polar surface area (TPSA) is 42.3 Å². The minimum absolute atomic E-state index is 0.0882. The van der Waals surface area contributed by atoms with Crippen molar-refractivity contribution in [3.05, 3.63) is 56.6 Å². The maximum atomic E-state index is 12.4. The van der Waals surface area contributed by atoms with Crippen LogP contribution in [0.1, 0.15) is 22.2 Å². The zero-order chi connectivity index (χ0) is 14.7. The average Bonchev–Trinajstić information content (AvgIpc) is 2.93. The summed E-state index contributed by atoms with van der Waals surface area (Å²) in [6.45, 7) is 2.01. The summed E-state index contributed by atoms with van der Waals surface area (Å²) in [6.07, 6.45) is 2.44. The van der Waals surface area contributed by atoms with E-state index < -0.39 is 0 Å². The molecule has 1 unspecified atom stereocenters. The third kappa shape index (κ3) is 3.17. The molecule has 2 heterocycles. The van der Waals surface area contributed by atoms with E-state index in [0.717, 1.165) is 6.42 Å². The molecule has 4 nitrogen and oxygen atoms in total. The second kappa shape index (κ2) is 6.05. The zero-order valence-corrected chi connectivity index (χ0v) is 12.7. The Bertz CT molecular complexity index is 646. The number of carbonyl (C=O) groups excluding carboxylic acids is 1. The van der Waals surface area contributed by atoms with Gasteiger partial charge in [0.25, 0.3) is 11.5 Å². The van der Waals surface area contributed by atoms with E-state index in [1.54, 1.807) is 42.6 Å². The first-order chi connectivity index (χ1) is 9.49. The Hall–Kier alpha value is -1.88. The van der Waals surface area contributed by atoms with Crippen LogP contribution in [-0.2, 0) is 13.5 Å². The van der Waals surface area contributed by atoms with Crippen molar-refractivity contribution in [2.75, 3.05) is 7.05 Å². The van der Waals surface area contributed by atoms with E-state index in [2.05, 4.69) is 6.07 Å². The quantitative estimate of drug-likeness (QED) is 0.866. The second-order valence-corrected chi connectivity index (χ2v) is 5.95. The summed E-state index contributed by atoms with van der Waals surface area (Å²) < 4.78 is 1.45. The predicted octanol–water partition coefficient (Wildman–Crippen LogP) is 2.15. The summed E-state index contributed by atoms with van der Waals surface area (Å²) in [5.41, 5.74) is 0.267. The zero-order valence-electron chi connectivity index (χ0n) is 11.9. The molecule has 2 aromatic heterocycles. The van der Waals surface area contributed by atoms with Gasteiger partial charge in [0, 0.05) is 49.3 Å². The molecule has 0 aromatic carbocycles. The van der Waals surface area contributed by atoms with Crippen molar-refractivity contribution >= 4 is 17.2 Å². The second-order valence-electron chi connectivity index (χ2n) is 4.91. The van der Waals surface area contributed by atoms with E-state index in [4.69, 9.17) is 0 Å². The molecular formula is C15H18N2O2S. The van der Waals surface area contributed by atoms with Gasteiger partial charge < -0.3 is 9.47 Å². The number of likely N-dealkylation sites (N-methyl/N-ethyl adjacent to an activating group) is 1. The molecule has 2 rings (SSSR count). The highest BCUT2D eigenvalue weighted by Gasteiger charge is 2.18. The Morgan fingerprint density at radius 3 is 2.80 bits per heavy atom. The van der Waals surface area contributed by atoms with Gasteiger partial charge in [-0.05, 0) is 24.4 Å². The average molecular weight is 290 g/mol. The Morgan fingerprint density at radius 1 is 1.45 bits per heavy atom. The molecule has 0 aliphatic carbocycles. The molecule has 20 heavy (non-hydrogen) atoms. The minimum atomic E-state index is -0.171. The Kier molecular flexibility index (Phi) is 4.39. The Labute approximate surface area is 122 Å². The number of pyridine rings is 1. The molecular weight excluding hydrogens is 272 g/mol. The van der Waals surface area contributed by atoms with E-state index in [9.17, 15) is 9.59 Å². The van der Waals surface area contributed by atoms with Crippen LogP contribution >= 0.6 is 11.3 Å². The number of aromatic nitrogens is 1. The fraction of sp³-hybridized carbons (Fsp3) is 0.333. The standard InChI is InChI=1S/C15H18N2O2S/c1-11(9-13-5-4-8-20-13)17(3)15(19)12-6-7-16(2)14(18)10-12/h4-8,10-11H,9H2,1-3H3. The van der Waals surface area contributed by atoms with Gasteiger partial charge in [-0.3, -0.25) is 9.59 Å². The summed E-state index contributed by atoms with van der Waals surface area (Å²) in [5.74, 6) is -0.119. The summed E-state index contributed by atoms with van der Waals surface area (Å²) in [7, 11) is 3.44. The molecule has 0 saturated heterocycles. The van der Waals surface area contributed by atoms with Crippen molar-refractivity contribution in [2.45, 2.75) is 19.4 Å². The molecule has 2 aromatic rings. The van der Waals surface area contributed by atoms with Crippen LogP contribution in [0.4, 0.5) is 0 Å². The summed E-state index contributed by atoms with van der Waals surface area (Å²) >= 11 is 1.69. The lowest BCUT2D eigenvalue weighted by molar-refractivity contribution is 0.0743. The lowest BCUT2D eigenvalue weighted by atomic mass is 10.1. The number of aryl methyl sites for hydroxylation is 1. The number of amides is 1. The number of thiophene rings is 1. The van der Waals surface area contributed by atoms with E-state index in [0.29, 0.717) is 5.56 Å². The van der Waals surface area contributed by atoms with Crippen molar-refractivity contribution in [2.24, 2.45) is 7.05 Å². The van der Waals surface area contributed by atoms with Crippen LogP contribution in [-0.4, -0.2) is 28.5 Å². The molecule has 1 amide bonds. The monoisotopic (exact) mass is 290 g/mol. The van der Waals surface area contributed by atoms with E-state index in [1.807, 2.05) is 18.4 Å². The first-order valence-electron chi connectivity index (χ1n) is 6.45. The molecule has 0 radical (unpaired) electrons. The first kappa shape index (κ1) is 14.5. The van der Waals surface area contributed by atoms with Crippen LogP contribution in [0.15, 0.2) is 40.6 Å². The van der Waals surface area contributed by atoms with E-state index in [1.165, 1.54) is 15.5 Å². The van der Waals surface area contributed by atoms with Crippen LogP contribution in [0.3, 0.4) is 0 Å². The van der Waals surface area contributed by atoms with Gasteiger partial charge >= 0.3 is 0 Å². The van der Waals surface area contributed by atoms with Gasteiger partial charge in [-0.1, -0.05) is 6.07 Å². The smallest absolute Gasteiger partial charge is 0.254 e. The van der Waals surface area contributed by atoms with Crippen LogP contribution in [0.5, 0.6) is 0 Å². The third-order valence-corrected chi connectivity index (χ3v) is 4.31. The van der Waals surface area contributed by atoms with Crippen LogP contribution in [0, 0.1) is 0 Å². The molecule has 0 N–H and O–H groups in total. The first-order valence-corrected chi connectivity index (χ1v) is 7.33. The highest BCUT2D eigenvalue weighted by molar-refractivity contribution is 7.09. The SMILES string of the molecule is CC(Cc1cccs1)N(C)C(=O)c1ccn(C)c(=O)c1. The van der Waals surface area contributed by atoms with Crippen molar-refractivity contribution < 1.29 is 4.79 Å². The van der Waals surface area contributed by atoms with Crippen LogP contribution in [0.25, 0.3) is 0 Å². The summed E-state index contributed by atoms with van der Waals surface area (Å²) in [6, 6.07) is 7.23. The van der Waals surface area contributed by atoms with Gasteiger partial charge in [-0.15, -0.1) is 11.3 Å². The maximum Gasteiger partial charge on any atom is 0.254 e. The van der Waals surface area contributed by atoms with Crippen LogP contribution < -0.4 is 5.56 Å². The fourth-order valence-corrected chi connectivity index (χ4v) is 2.77. The van der Waals surface area contributed by atoms with Gasteiger partial charge in [-0.25, -0.2) is 0 Å². The molecule has 0 aliphatic heterocycles. The number of carbonyl (C=O) groups is 1. The molecule has 0 aliphatic rings. The Morgan fingerprint density at radius 2 is 2.20 bits per heavy atom. The van der Waals surface area contributed by atoms with Gasteiger partial charge in [0.1, 0.15) is 0 Å². The van der Waals surface area contributed by atoms with Crippen molar-refractivity contribution in [3.8, 4) is 0 Å². The van der Waals surface area contributed by atoms with Crippen molar-refractivity contribution in [1.29, 1.82) is 0 Å². The van der Waals surface area contributed by atoms with Crippen molar-refractivity contribution in [3.63, 3.8) is 0 Å². The van der Waals surface area contributed by atoms with Gasteiger partial charge in [0.2, 0.25) is 0 Å². The molecule has 0 fully saturated rings. The summed E-state index contributed by atoms with van der Waals surface area (Å²) in [5, 5.41) is 2.03. The number of nitrogens with zero attached hydrogens (tertiary/aromatic N) is 2. The molecule has 1 atom stereocenters. The van der Waals surface area contributed by atoms with Gasteiger partial charge in [-0.2, -0.15) is 0 Å². The molecule has 0 saturated carbocycles. The predicted molar refractivity (Wildman–Crippen MR) is 81.3 cm³/mol. The van der Waals surface area contributed by atoms with E-state index in [-0.39, 0.29) is 17.5 Å². The third-order valence-electron chi connectivity index (χ3n) is 3.41. The van der Waals surface area contributed by atoms with Gasteiger partial charge in [0.05, 0.1) is 0 Å². The van der Waals surface area contributed by atoms with Crippen molar-refractivity contribution in [1.82, 2.24) is 9.47 Å².